The minimum atomic E-state index is -0.505. The van der Waals surface area contributed by atoms with Gasteiger partial charge in [-0.25, -0.2) is 4.98 Å². The van der Waals surface area contributed by atoms with E-state index in [0.717, 1.165) is 99.9 Å². The number of para-hydroxylation sites is 1. The number of aromatic nitrogens is 4. The topological polar surface area (TPSA) is 220 Å². The van der Waals surface area contributed by atoms with Crippen molar-refractivity contribution in [2.45, 2.75) is 109 Å². The van der Waals surface area contributed by atoms with Gasteiger partial charge in [-0.3, -0.25) is 4.79 Å². The van der Waals surface area contributed by atoms with Gasteiger partial charge in [-0.2, -0.15) is 15.0 Å². The zero-order chi connectivity index (χ0) is 43.9. The molecule has 371 valence electrons. The van der Waals surface area contributed by atoms with Gasteiger partial charge in [-0.15, -0.1) is 11.3 Å². The van der Waals surface area contributed by atoms with Gasteiger partial charge < -0.3 is 57.4 Å². The predicted molar refractivity (Wildman–Crippen MR) is 269 cm³/mol. The van der Waals surface area contributed by atoms with Crippen molar-refractivity contribution in [2.75, 3.05) is 101 Å². The largest absolute Gasteiger partial charge is 0.461 e. The molecule has 1 saturated carbocycles. The zero-order valence-electron chi connectivity index (χ0n) is 39.8. The Hall–Kier alpha value is -3.72. The molecule has 2 aliphatic rings. The normalized spacial score (nSPS) is 16.9. The van der Waals surface area contributed by atoms with Gasteiger partial charge in [0.25, 0.3) is 0 Å². The number of fused-ring (bicyclic) bond motifs is 1. The van der Waals surface area contributed by atoms with Crippen LogP contribution in [-0.4, -0.2) is 139 Å². The van der Waals surface area contributed by atoms with Gasteiger partial charge in [-0.1, -0.05) is 83.8 Å². The summed E-state index contributed by atoms with van der Waals surface area (Å²) in [6.07, 6.45) is 15.2. The first-order chi connectivity index (χ1) is 30.9. The third-order valence-corrected chi connectivity index (χ3v) is 13.1. The molecule has 1 aliphatic carbocycles. The first-order valence-corrected chi connectivity index (χ1v) is 24.9. The van der Waals surface area contributed by atoms with Gasteiger partial charge in [0.2, 0.25) is 17.8 Å². The quantitative estimate of drug-likeness (QED) is 0.0720. The number of rotatable bonds is 17. The van der Waals surface area contributed by atoms with Crippen LogP contribution in [0.25, 0.3) is 20.8 Å². The van der Waals surface area contributed by atoms with Gasteiger partial charge in [0.05, 0.1) is 16.8 Å². The molecule has 1 atom stereocenters. The Labute approximate surface area is 408 Å². The Kier molecular flexibility index (Phi) is 27.5. The van der Waals surface area contributed by atoms with Crippen molar-refractivity contribution in [2.24, 2.45) is 5.92 Å². The number of hydrogen-bond donors (Lipinski definition) is 6. The maximum atomic E-state index is 13.8. The molecule has 1 amide bonds. The van der Waals surface area contributed by atoms with Crippen molar-refractivity contribution >= 4 is 45.0 Å². The number of amides is 1. The van der Waals surface area contributed by atoms with E-state index in [2.05, 4.69) is 105 Å². The van der Waals surface area contributed by atoms with Crippen molar-refractivity contribution in [1.29, 1.82) is 0 Å². The smallest absolute Gasteiger partial charge is 0.323 e. The molecule has 1 saturated heterocycles. The van der Waals surface area contributed by atoms with Crippen molar-refractivity contribution in [3.05, 3.63) is 48.5 Å². The number of ether oxygens (including phenoxy) is 1. The van der Waals surface area contributed by atoms with Crippen molar-refractivity contribution in [3.8, 4) is 16.6 Å². The van der Waals surface area contributed by atoms with Crippen LogP contribution in [0, 0.1) is 5.92 Å². The number of nitrogens with one attached hydrogen (secondary N) is 6. The summed E-state index contributed by atoms with van der Waals surface area (Å²) in [5, 5.41) is 21.9. The summed E-state index contributed by atoms with van der Waals surface area (Å²) in [5.74, 6) is 1.09. The average molecular weight is 980 g/mol. The van der Waals surface area contributed by atoms with Crippen molar-refractivity contribution in [1.82, 2.24) is 46.1 Å². The maximum Gasteiger partial charge on any atom is 0.323 e. The third kappa shape index (κ3) is 20.2. The van der Waals surface area contributed by atoms with Gasteiger partial charge in [0.1, 0.15) is 17.7 Å². The number of hydrogen-bond acceptors (Lipinski definition) is 14. The Morgan fingerprint density at radius 1 is 0.803 bits per heavy atom. The number of likely N-dealkylation sites (N-methyl/N-ethyl adjacent to an activating group) is 1. The third-order valence-electron chi connectivity index (χ3n) is 12.0. The molecule has 0 spiro atoms. The van der Waals surface area contributed by atoms with E-state index in [1.54, 1.807) is 11.3 Å². The predicted octanol–water partition coefficient (Wildman–Crippen LogP) is 5.51. The summed E-state index contributed by atoms with van der Waals surface area (Å²) in [5.41, 5.74) is 3.22. The molecule has 2 aromatic carbocycles. The SMILES string of the molecule is CC(C)C[C@@H](Nc1nc(NC2CCCCCCCCCCC2)nc(OCCN(C)c2ccc(-c3nc4ccccc4s3)cc2)n1)C(=O)NCCCN1CCNCCNCCNCC1.O.O.[Co]. The maximum absolute atomic E-state index is 13.8. The summed E-state index contributed by atoms with van der Waals surface area (Å²) in [4.78, 5) is 37.8. The van der Waals surface area contributed by atoms with Gasteiger partial charge in [0.15, 0.2) is 0 Å². The van der Waals surface area contributed by atoms with Gasteiger partial charge in [-0.05, 0) is 74.5 Å². The standard InChI is InChI=1S/C48H76N12O2S.Co.2H2O/c1-37(2)36-42(44(61)52-24-15-31-60-32-29-50-27-25-49-26-28-51-30-33-60)55-47-56-46(53-39-16-11-9-7-5-4-6-8-10-12-17-39)57-48(58-47)62-35-34-59(3)40-22-20-38(21-23-40)45-54-41-18-13-14-19-43(41)63-45;;;/h13-14,18-23,37,39,42,49-51H,4-12,15-17,24-36H2,1-3H3,(H,52,61)(H2,53,55,56,57,58);;2*1H2/t42-;;;/m1.../s1. The number of anilines is 3. The summed E-state index contributed by atoms with van der Waals surface area (Å²) < 4.78 is 7.49. The number of carbonyl (C=O) groups excluding carboxylic acids is 1. The fourth-order valence-corrected chi connectivity index (χ4v) is 9.30. The van der Waals surface area contributed by atoms with E-state index in [4.69, 9.17) is 24.7 Å². The Bertz CT molecular complexity index is 1850. The molecule has 4 aromatic rings. The summed E-state index contributed by atoms with van der Waals surface area (Å²) in [6.45, 7) is 14.6. The number of carbonyl (C=O) groups is 1. The van der Waals surface area contributed by atoms with Crippen LogP contribution in [0.4, 0.5) is 17.6 Å². The Morgan fingerprint density at radius 3 is 2.05 bits per heavy atom. The van der Waals surface area contributed by atoms with Crippen molar-refractivity contribution in [3.63, 3.8) is 0 Å². The van der Waals surface area contributed by atoms with Crippen LogP contribution < -0.4 is 41.5 Å². The second-order valence-electron chi connectivity index (χ2n) is 17.7. The number of thiazole rings is 1. The van der Waals surface area contributed by atoms with Crippen LogP contribution in [-0.2, 0) is 21.6 Å². The molecule has 2 fully saturated rings. The number of benzene rings is 2. The van der Waals surface area contributed by atoms with Crippen LogP contribution in [0.15, 0.2) is 48.5 Å². The van der Waals surface area contributed by atoms with Gasteiger partial charge >= 0.3 is 6.01 Å². The monoisotopic (exact) mass is 980 g/mol. The molecule has 0 bridgehead atoms. The first kappa shape index (κ1) is 56.6. The number of nitrogens with zero attached hydrogens (tertiary/aromatic N) is 6. The molecule has 2 aromatic heterocycles. The van der Waals surface area contributed by atoms with Gasteiger partial charge in [0, 0.05) is 100 Å². The molecule has 66 heavy (non-hydrogen) atoms. The van der Waals surface area contributed by atoms with Crippen LogP contribution in [0.1, 0.15) is 97.3 Å². The fraction of sp³-hybridized carbons (Fsp3) is 0.646. The molecule has 3 heterocycles. The summed E-state index contributed by atoms with van der Waals surface area (Å²) in [6, 6.07) is 16.8. The molecule has 0 unspecified atom stereocenters. The van der Waals surface area contributed by atoms with Crippen LogP contribution >= 0.6 is 11.3 Å². The zero-order valence-corrected chi connectivity index (χ0v) is 41.6. The first-order valence-electron chi connectivity index (χ1n) is 24.1. The minimum Gasteiger partial charge on any atom is -0.461 e. The van der Waals surface area contributed by atoms with E-state index in [1.165, 1.54) is 62.5 Å². The molecule has 10 N–H and O–H groups in total. The molecular formula is C48H80CoN12O4S. The second-order valence-corrected chi connectivity index (χ2v) is 18.8. The average Bonchev–Trinajstić information content (AvgIpc) is 3.71. The van der Waals surface area contributed by atoms with E-state index < -0.39 is 6.04 Å². The van der Waals surface area contributed by atoms with Crippen LogP contribution in [0.3, 0.4) is 0 Å². The summed E-state index contributed by atoms with van der Waals surface area (Å²) in [7, 11) is 2.06. The molecule has 16 nitrogen and oxygen atoms in total. The van der Waals surface area contributed by atoms with E-state index in [-0.39, 0.29) is 51.6 Å². The molecule has 1 aliphatic heterocycles. The molecule has 1 radical (unpaired) electrons. The molecule has 18 heteroatoms. The second kappa shape index (κ2) is 32.1. The van der Waals surface area contributed by atoms with Crippen LogP contribution in [0.5, 0.6) is 6.01 Å². The summed E-state index contributed by atoms with van der Waals surface area (Å²) >= 11 is 1.71. The molecule has 6 rings (SSSR count). The van der Waals surface area contributed by atoms with Crippen molar-refractivity contribution < 1.29 is 37.3 Å². The fourth-order valence-electron chi connectivity index (χ4n) is 8.33. The Morgan fingerprint density at radius 2 is 1.41 bits per heavy atom. The van der Waals surface area contributed by atoms with Crippen LogP contribution in [0.2, 0.25) is 0 Å². The van der Waals surface area contributed by atoms with E-state index in [1.807, 2.05) is 6.07 Å². The molecular weight excluding hydrogens is 900 g/mol. The Balaban J connectivity index is 0.00000385. The minimum absolute atomic E-state index is 0. The van der Waals surface area contributed by atoms with E-state index in [0.29, 0.717) is 38.0 Å². The van der Waals surface area contributed by atoms with E-state index >= 15 is 0 Å². The van der Waals surface area contributed by atoms with E-state index in [9.17, 15) is 4.79 Å².